The monoisotopic (exact) mass is 199 g/mol. The van der Waals surface area contributed by atoms with E-state index in [1.54, 1.807) is 0 Å². The van der Waals surface area contributed by atoms with Gasteiger partial charge in [0.05, 0.1) is 13.2 Å². The molecule has 1 aliphatic rings. The first-order valence-corrected chi connectivity index (χ1v) is 4.99. The van der Waals surface area contributed by atoms with Gasteiger partial charge in [0.1, 0.15) is 0 Å². The average molecular weight is 199 g/mol. The first-order chi connectivity index (χ1) is 6.79. The summed E-state index contributed by atoms with van der Waals surface area (Å²) in [4.78, 5) is 10.1. The number of hydrogen-bond donors (Lipinski definition) is 2. The molecule has 0 aliphatic carbocycles. The Morgan fingerprint density at radius 3 is 3.07 bits per heavy atom. The largest absolute Gasteiger partial charge is 0.478 e. The Kier molecular flexibility index (Phi) is 5.25. The molecule has 0 aromatic carbocycles. The minimum atomic E-state index is -0.926. The number of hydrogen-bond acceptors (Lipinski definition) is 3. The van der Waals surface area contributed by atoms with Crippen LogP contribution < -0.4 is 5.32 Å². The maximum atomic E-state index is 10.1. The normalized spacial score (nSPS) is 22.7. The molecule has 0 saturated carbocycles. The summed E-state index contributed by atoms with van der Waals surface area (Å²) in [7, 11) is 0. The number of ether oxygens (including phenoxy) is 1. The van der Waals surface area contributed by atoms with Crippen LogP contribution in [0.4, 0.5) is 0 Å². The lowest BCUT2D eigenvalue weighted by Gasteiger charge is -2.22. The third-order valence-corrected chi connectivity index (χ3v) is 2.21. The van der Waals surface area contributed by atoms with Crippen molar-refractivity contribution in [3.05, 3.63) is 12.2 Å². The Labute approximate surface area is 83.9 Å². The number of rotatable bonds is 5. The summed E-state index contributed by atoms with van der Waals surface area (Å²) < 4.78 is 5.31. The van der Waals surface area contributed by atoms with E-state index in [1.807, 2.05) is 0 Å². The third kappa shape index (κ3) is 4.99. The Hall–Kier alpha value is -0.870. The second-order valence-corrected chi connectivity index (χ2v) is 3.42. The van der Waals surface area contributed by atoms with E-state index < -0.39 is 5.97 Å². The first kappa shape index (κ1) is 11.2. The number of aliphatic carboxylic acids is 1. The second-order valence-electron chi connectivity index (χ2n) is 3.42. The minimum Gasteiger partial charge on any atom is -0.478 e. The first-order valence-electron chi connectivity index (χ1n) is 4.99. The summed E-state index contributed by atoms with van der Waals surface area (Å²) >= 11 is 0. The topological polar surface area (TPSA) is 58.6 Å². The third-order valence-electron chi connectivity index (χ3n) is 2.21. The van der Waals surface area contributed by atoms with E-state index in [0.29, 0.717) is 19.3 Å². The molecule has 0 radical (unpaired) electrons. The van der Waals surface area contributed by atoms with Crippen molar-refractivity contribution in [2.75, 3.05) is 19.8 Å². The van der Waals surface area contributed by atoms with E-state index >= 15 is 0 Å². The van der Waals surface area contributed by atoms with Gasteiger partial charge in [-0.15, -0.1) is 0 Å². The Morgan fingerprint density at radius 1 is 1.57 bits per heavy atom. The number of carbonyl (C=O) groups is 1. The standard InChI is InChI=1S/C10H17NO3/c12-10(13)5-3-7-14-8-9-4-1-2-6-11-9/h3,5,9,11H,1-2,4,6-8H2,(H,12,13)/b5-3+. The zero-order valence-corrected chi connectivity index (χ0v) is 8.24. The molecule has 14 heavy (non-hydrogen) atoms. The molecule has 4 heteroatoms. The molecule has 1 unspecified atom stereocenters. The minimum absolute atomic E-state index is 0.379. The lowest BCUT2D eigenvalue weighted by molar-refractivity contribution is -0.131. The highest BCUT2D eigenvalue weighted by Crippen LogP contribution is 2.06. The highest BCUT2D eigenvalue weighted by Gasteiger charge is 2.11. The molecular formula is C10H17NO3. The van der Waals surface area contributed by atoms with Crippen LogP contribution in [0.2, 0.25) is 0 Å². The SMILES string of the molecule is O=C(O)/C=C/COCC1CCCCN1. The van der Waals surface area contributed by atoms with Gasteiger partial charge in [0.25, 0.3) is 0 Å². The van der Waals surface area contributed by atoms with E-state index in [0.717, 1.165) is 19.0 Å². The lowest BCUT2D eigenvalue weighted by Crippen LogP contribution is -2.37. The number of nitrogens with one attached hydrogen (secondary N) is 1. The molecule has 80 valence electrons. The number of piperidine rings is 1. The van der Waals surface area contributed by atoms with Crippen molar-refractivity contribution in [2.45, 2.75) is 25.3 Å². The second kappa shape index (κ2) is 6.56. The van der Waals surface area contributed by atoms with Crippen molar-refractivity contribution in [2.24, 2.45) is 0 Å². The zero-order valence-electron chi connectivity index (χ0n) is 8.24. The molecular weight excluding hydrogens is 182 g/mol. The highest BCUT2D eigenvalue weighted by molar-refractivity contribution is 5.79. The van der Waals surface area contributed by atoms with Gasteiger partial charge in [0.2, 0.25) is 0 Å². The average Bonchev–Trinajstić information content (AvgIpc) is 2.18. The van der Waals surface area contributed by atoms with Crippen LogP contribution in [-0.2, 0) is 9.53 Å². The van der Waals surface area contributed by atoms with Gasteiger partial charge in [-0.05, 0) is 19.4 Å². The van der Waals surface area contributed by atoms with Crippen molar-refractivity contribution in [3.8, 4) is 0 Å². The van der Waals surface area contributed by atoms with Gasteiger partial charge in [-0.2, -0.15) is 0 Å². The predicted molar refractivity (Wildman–Crippen MR) is 53.2 cm³/mol. The van der Waals surface area contributed by atoms with Gasteiger partial charge in [-0.1, -0.05) is 12.5 Å². The fourth-order valence-electron chi connectivity index (χ4n) is 1.49. The van der Waals surface area contributed by atoms with E-state index in [1.165, 1.54) is 18.9 Å². The number of carboxylic acids is 1. The summed E-state index contributed by atoms with van der Waals surface area (Å²) in [6.45, 7) is 2.12. The summed E-state index contributed by atoms with van der Waals surface area (Å²) in [5, 5.41) is 11.7. The van der Waals surface area contributed by atoms with Crippen molar-refractivity contribution in [1.29, 1.82) is 0 Å². The molecule has 2 N–H and O–H groups in total. The summed E-state index contributed by atoms with van der Waals surface area (Å²) in [5.74, 6) is -0.926. The smallest absolute Gasteiger partial charge is 0.328 e. The van der Waals surface area contributed by atoms with Gasteiger partial charge in [-0.3, -0.25) is 0 Å². The van der Waals surface area contributed by atoms with Crippen LogP contribution in [0.15, 0.2) is 12.2 Å². The molecule has 0 spiro atoms. The van der Waals surface area contributed by atoms with Gasteiger partial charge >= 0.3 is 5.97 Å². The molecule has 1 rings (SSSR count). The Morgan fingerprint density at radius 2 is 2.43 bits per heavy atom. The highest BCUT2D eigenvalue weighted by atomic mass is 16.5. The van der Waals surface area contributed by atoms with Crippen LogP contribution in [0.25, 0.3) is 0 Å². The molecule has 0 amide bonds. The number of carboxylic acid groups (broad SMARTS) is 1. The van der Waals surface area contributed by atoms with E-state index in [-0.39, 0.29) is 0 Å². The van der Waals surface area contributed by atoms with Crippen molar-refractivity contribution < 1.29 is 14.6 Å². The summed E-state index contributed by atoms with van der Waals surface area (Å²) in [5.41, 5.74) is 0. The van der Waals surface area contributed by atoms with Crippen molar-refractivity contribution in [1.82, 2.24) is 5.32 Å². The van der Waals surface area contributed by atoms with Crippen molar-refractivity contribution >= 4 is 5.97 Å². The van der Waals surface area contributed by atoms with Crippen LogP contribution in [0.3, 0.4) is 0 Å². The Bertz CT molecular complexity index is 198. The lowest BCUT2D eigenvalue weighted by atomic mass is 10.1. The molecule has 0 aromatic rings. The Balaban J connectivity index is 2.00. The van der Waals surface area contributed by atoms with E-state index in [2.05, 4.69) is 5.32 Å². The maximum absolute atomic E-state index is 10.1. The van der Waals surface area contributed by atoms with Gasteiger partial charge < -0.3 is 15.2 Å². The van der Waals surface area contributed by atoms with E-state index in [4.69, 9.17) is 9.84 Å². The maximum Gasteiger partial charge on any atom is 0.328 e. The summed E-state index contributed by atoms with van der Waals surface area (Å²) in [6, 6.07) is 0.446. The predicted octanol–water partition coefficient (Wildman–Crippen LogP) is 0.786. The molecule has 1 heterocycles. The fourth-order valence-corrected chi connectivity index (χ4v) is 1.49. The van der Waals surface area contributed by atoms with Crippen LogP contribution >= 0.6 is 0 Å². The molecule has 1 saturated heterocycles. The molecule has 1 atom stereocenters. The van der Waals surface area contributed by atoms with Gasteiger partial charge in [0.15, 0.2) is 0 Å². The molecule has 4 nitrogen and oxygen atoms in total. The summed E-state index contributed by atoms with van der Waals surface area (Å²) in [6.07, 6.45) is 6.28. The molecule has 0 aromatic heterocycles. The van der Waals surface area contributed by atoms with Crippen LogP contribution in [0.1, 0.15) is 19.3 Å². The van der Waals surface area contributed by atoms with Gasteiger partial charge in [0, 0.05) is 12.1 Å². The van der Waals surface area contributed by atoms with E-state index in [9.17, 15) is 4.79 Å². The van der Waals surface area contributed by atoms with Crippen molar-refractivity contribution in [3.63, 3.8) is 0 Å². The fraction of sp³-hybridized carbons (Fsp3) is 0.700. The molecule has 0 bridgehead atoms. The van der Waals surface area contributed by atoms with Crippen LogP contribution in [-0.4, -0.2) is 36.9 Å². The quantitative estimate of drug-likeness (QED) is 0.507. The molecule has 1 aliphatic heterocycles. The zero-order chi connectivity index (χ0) is 10.2. The van der Waals surface area contributed by atoms with Crippen LogP contribution in [0.5, 0.6) is 0 Å². The van der Waals surface area contributed by atoms with Crippen LogP contribution in [0, 0.1) is 0 Å². The van der Waals surface area contributed by atoms with Gasteiger partial charge in [-0.25, -0.2) is 4.79 Å². The molecule has 1 fully saturated rings.